The van der Waals surface area contributed by atoms with Crippen LogP contribution in [-0.2, 0) is 6.30 Å². The van der Waals surface area contributed by atoms with Crippen molar-refractivity contribution in [3.05, 3.63) is 11.3 Å². The van der Waals surface area contributed by atoms with Gasteiger partial charge in [0.25, 0.3) is 0 Å². The second kappa shape index (κ2) is 2.12. The third-order valence-corrected chi connectivity index (χ3v) is 0.955. The number of hydrogen-bond acceptors (Lipinski definition) is 1. The molecule has 10 heavy (non-hydrogen) atoms. The van der Waals surface area contributed by atoms with Crippen LogP contribution in [0.2, 0.25) is 5.15 Å². The molecule has 0 unspecified atom stereocenters. The molecule has 0 aliphatic heterocycles. The summed E-state index contributed by atoms with van der Waals surface area (Å²) in [5.74, 6) is 0. The van der Waals surface area contributed by atoms with E-state index in [0.717, 1.165) is 0 Å². The van der Waals surface area contributed by atoms with Crippen LogP contribution in [-0.4, -0.2) is 10.3 Å². The van der Waals surface area contributed by atoms with Crippen LogP contribution >= 0.6 is 11.6 Å². The summed E-state index contributed by atoms with van der Waals surface area (Å²) in [7, 11) is 0. The standard InChI is InChI=1S/C3HClF3N3/c4-2-1-10(9-8-2)3(5,6)7/h1H/p+1. The van der Waals surface area contributed by atoms with Crippen molar-refractivity contribution in [3.8, 4) is 0 Å². The van der Waals surface area contributed by atoms with Gasteiger partial charge in [0.05, 0.1) is 5.10 Å². The zero-order valence-corrected chi connectivity index (χ0v) is 5.24. The molecular formula is C3H2ClF3N3+. The van der Waals surface area contributed by atoms with E-state index in [1.165, 1.54) is 0 Å². The summed E-state index contributed by atoms with van der Waals surface area (Å²) in [5, 5.41) is 4.50. The molecule has 56 valence electrons. The summed E-state index contributed by atoms with van der Waals surface area (Å²) < 4.78 is 34.8. The maximum Gasteiger partial charge on any atom is 0.585 e. The number of hydrogen-bond donors (Lipinski definition) is 1. The highest BCUT2D eigenvalue weighted by atomic mass is 35.5. The Morgan fingerprint density at radius 3 is 2.40 bits per heavy atom. The first-order chi connectivity index (χ1) is 4.50. The van der Waals surface area contributed by atoms with E-state index < -0.39 is 6.30 Å². The maximum absolute atomic E-state index is 11.6. The normalized spacial score (nSPS) is 12.0. The highest BCUT2D eigenvalue weighted by molar-refractivity contribution is 6.29. The van der Waals surface area contributed by atoms with Crippen LogP contribution in [0, 0.1) is 0 Å². The Morgan fingerprint density at radius 2 is 2.20 bits per heavy atom. The van der Waals surface area contributed by atoms with Gasteiger partial charge in [0.15, 0.2) is 6.20 Å². The number of nitrogens with one attached hydrogen (secondary N) is 1. The van der Waals surface area contributed by atoms with Crippen molar-refractivity contribution in [2.45, 2.75) is 6.30 Å². The molecule has 0 aliphatic carbocycles. The highest BCUT2D eigenvalue weighted by Crippen LogP contribution is 2.12. The molecule has 0 atom stereocenters. The lowest BCUT2D eigenvalue weighted by atomic mass is 10.9. The molecular weight excluding hydrogens is 171 g/mol. The van der Waals surface area contributed by atoms with Gasteiger partial charge in [0, 0.05) is 0 Å². The molecule has 7 heteroatoms. The number of rotatable bonds is 0. The lowest BCUT2D eigenvalue weighted by Crippen LogP contribution is -2.48. The molecule has 1 aromatic heterocycles. The minimum Gasteiger partial charge on any atom is -0.127 e. The minimum absolute atomic E-state index is 0.144. The zero-order chi connectivity index (χ0) is 7.78. The quantitative estimate of drug-likeness (QED) is 0.578. The largest absolute Gasteiger partial charge is 0.585 e. The fourth-order valence-electron chi connectivity index (χ4n) is 0.396. The lowest BCUT2D eigenvalue weighted by molar-refractivity contribution is -0.895. The predicted molar refractivity (Wildman–Crippen MR) is 25.1 cm³/mol. The topological polar surface area (TPSA) is 32.6 Å². The molecule has 0 aliphatic rings. The van der Waals surface area contributed by atoms with Crippen molar-refractivity contribution in [1.29, 1.82) is 0 Å². The van der Waals surface area contributed by atoms with Crippen LogP contribution in [0.15, 0.2) is 6.20 Å². The van der Waals surface area contributed by atoms with E-state index in [4.69, 9.17) is 11.6 Å². The number of nitrogens with zero attached hydrogens (tertiary/aromatic N) is 2. The summed E-state index contributed by atoms with van der Waals surface area (Å²) in [6.45, 7) is 0. The van der Waals surface area contributed by atoms with Crippen molar-refractivity contribution < 1.29 is 17.9 Å². The molecule has 0 saturated carbocycles. The molecule has 1 aromatic rings. The Hall–Kier alpha value is -0.780. The van der Waals surface area contributed by atoms with Gasteiger partial charge >= 0.3 is 11.5 Å². The van der Waals surface area contributed by atoms with Gasteiger partial charge in [-0.15, -0.1) is 13.2 Å². The first kappa shape index (κ1) is 7.33. The van der Waals surface area contributed by atoms with Crippen LogP contribution in [0.25, 0.3) is 0 Å². The minimum atomic E-state index is -4.47. The summed E-state index contributed by atoms with van der Waals surface area (Å²) in [6.07, 6.45) is -3.83. The van der Waals surface area contributed by atoms with Gasteiger partial charge < -0.3 is 0 Å². The molecule has 1 N–H and O–H groups in total. The third-order valence-electron chi connectivity index (χ3n) is 0.773. The smallest absolute Gasteiger partial charge is 0.127 e. The molecule has 0 amide bonds. The number of halogens is 4. The lowest BCUT2D eigenvalue weighted by Gasteiger charge is -1.95. The summed E-state index contributed by atoms with van der Waals surface area (Å²) >= 11 is 5.10. The van der Waals surface area contributed by atoms with Crippen LogP contribution < -0.4 is 4.68 Å². The van der Waals surface area contributed by atoms with E-state index in [2.05, 4.69) is 5.10 Å². The van der Waals surface area contributed by atoms with Crippen molar-refractivity contribution in [2.24, 2.45) is 0 Å². The fraction of sp³-hybridized carbons (Fsp3) is 0.333. The van der Waals surface area contributed by atoms with Crippen LogP contribution in [0.5, 0.6) is 0 Å². The van der Waals surface area contributed by atoms with Crippen molar-refractivity contribution >= 4 is 11.6 Å². The molecule has 0 radical (unpaired) electrons. The Kier molecular flexibility index (Phi) is 1.55. The average molecular weight is 173 g/mol. The van der Waals surface area contributed by atoms with Gasteiger partial charge in [-0.1, -0.05) is 4.68 Å². The van der Waals surface area contributed by atoms with Crippen molar-refractivity contribution in [1.82, 2.24) is 10.3 Å². The second-order valence-corrected chi connectivity index (χ2v) is 1.89. The zero-order valence-electron chi connectivity index (χ0n) is 4.48. The van der Waals surface area contributed by atoms with Crippen LogP contribution in [0.1, 0.15) is 0 Å². The molecule has 0 aromatic carbocycles. The molecule has 3 nitrogen and oxygen atoms in total. The van der Waals surface area contributed by atoms with E-state index in [0.29, 0.717) is 6.20 Å². The van der Waals surface area contributed by atoms with E-state index in [9.17, 15) is 13.2 Å². The Morgan fingerprint density at radius 1 is 1.60 bits per heavy atom. The first-order valence-corrected chi connectivity index (χ1v) is 2.58. The van der Waals surface area contributed by atoms with Gasteiger partial charge in [0.2, 0.25) is 0 Å². The van der Waals surface area contributed by atoms with Crippen molar-refractivity contribution in [2.75, 3.05) is 0 Å². The number of aromatic amines is 1. The van der Waals surface area contributed by atoms with E-state index in [-0.39, 0.29) is 9.83 Å². The van der Waals surface area contributed by atoms with Gasteiger partial charge in [0.1, 0.15) is 0 Å². The van der Waals surface area contributed by atoms with E-state index >= 15 is 0 Å². The van der Waals surface area contributed by atoms with E-state index in [1.807, 2.05) is 0 Å². The number of H-pyrrole nitrogens is 1. The molecule has 0 spiro atoms. The average Bonchev–Trinajstić information content (AvgIpc) is 2.11. The Balaban J connectivity index is 2.96. The molecule has 1 rings (SSSR count). The Bertz CT molecular complexity index is 229. The summed E-state index contributed by atoms with van der Waals surface area (Å²) in [6, 6.07) is 0. The SMILES string of the molecule is FC(F)(F)[n+]1cc(Cl)n[nH]1. The molecule has 0 saturated heterocycles. The maximum atomic E-state index is 11.6. The van der Waals surface area contributed by atoms with Gasteiger partial charge in [-0.05, 0) is 16.8 Å². The number of aromatic nitrogens is 3. The third kappa shape index (κ3) is 1.38. The number of alkyl halides is 3. The highest BCUT2D eigenvalue weighted by Gasteiger charge is 2.39. The fourth-order valence-corrected chi connectivity index (χ4v) is 0.531. The van der Waals surface area contributed by atoms with Crippen LogP contribution in [0.3, 0.4) is 0 Å². The van der Waals surface area contributed by atoms with Gasteiger partial charge in [-0.25, -0.2) is 0 Å². The molecule has 1 heterocycles. The summed E-state index contributed by atoms with van der Waals surface area (Å²) in [4.78, 5) is 0. The van der Waals surface area contributed by atoms with Crippen LogP contribution in [0.4, 0.5) is 13.2 Å². The predicted octanol–water partition coefficient (Wildman–Crippen LogP) is 0.827. The summed E-state index contributed by atoms with van der Waals surface area (Å²) in [5.41, 5.74) is 0. The second-order valence-electron chi connectivity index (χ2n) is 1.50. The van der Waals surface area contributed by atoms with Gasteiger partial charge in [-0.3, -0.25) is 0 Å². The molecule has 0 bridgehead atoms. The first-order valence-electron chi connectivity index (χ1n) is 2.20. The van der Waals surface area contributed by atoms with E-state index in [1.54, 1.807) is 5.21 Å². The molecule has 0 fully saturated rings. The van der Waals surface area contributed by atoms with Gasteiger partial charge in [-0.2, -0.15) is 0 Å². The monoisotopic (exact) mass is 172 g/mol. The Labute approximate surface area is 58.4 Å². The van der Waals surface area contributed by atoms with Crippen molar-refractivity contribution in [3.63, 3.8) is 0 Å².